The van der Waals surface area contributed by atoms with E-state index in [1.54, 1.807) is 7.11 Å². The van der Waals surface area contributed by atoms with Gasteiger partial charge in [0.1, 0.15) is 11.8 Å². The van der Waals surface area contributed by atoms with Crippen molar-refractivity contribution in [2.45, 2.75) is 19.1 Å². The topological polar surface area (TPSA) is 77.8 Å². The van der Waals surface area contributed by atoms with E-state index in [0.29, 0.717) is 13.3 Å². The Labute approximate surface area is 216 Å². The fourth-order valence-corrected chi connectivity index (χ4v) is 5.14. The Kier molecular flexibility index (Phi) is 6.70. The molecule has 1 saturated heterocycles. The second-order valence-electron chi connectivity index (χ2n) is 9.32. The lowest BCUT2D eigenvalue weighted by Gasteiger charge is -2.39. The number of benzene rings is 3. The number of methoxy groups -OCH3 is 1. The quantitative estimate of drug-likeness (QED) is 0.366. The molecule has 3 heterocycles. The second kappa shape index (κ2) is 10.6. The highest BCUT2D eigenvalue weighted by molar-refractivity contribution is 5.44. The van der Waals surface area contributed by atoms with Crippen LogP contribution in [0.4, 0.5) is 0 Å². The molecule has 3 aromatic carbocycles. The number of hydrogen-bond donors (Lipinski definition) is 0. The first-order valence-electron chi connectivity index (χ1n) is 12.6. The van der Waals surface area contributed by atoms with Crippen LogP contribution in [0.15, 0.2) is 72.8 Å². The van der Waals surface area contributed by atoms with Gasteiger partial charge in [0, 0.05) is 38.3 Å². The third-order valence-electron chi connectivity index (χ3n) is 7.03. The van der Waals surface area contributed by atoms with Gasteiger partial charge in [-0.15, -0.1) is 5.10 Å². The zero-order valence-electron chi connectivity index (χ0n) is 20.9. The minimum absolute atomic E-state index is 0.123. The number of tetrazole rings is 1. The molecule has 0 N–H and O–H groups in total. The highest BCUT2D eigenvalue weighted by atomic mass is 16.7. The van der Waals surface area contributed by atoms with Gasteiger partial charge in [0.05, 0.1) is 13.7 Å². The zero-order chi connectivity index (χ0) is 25.0. The van der Waals surface area contributed by atoms with E-state index in [1.165, 1.54) is 5.56 Å². The lowest BCUT2D eigenvalue weighted by atomic mass is 10.0. The van der Waals surface area contributed by atoms with Crippen molar-refractivity contribution >= 4 is 0 Å². The van der Waals surface area contributed by atoms with Crippen LogP contribution < -0.4 is 14.2 Å². The maximum absolute atomic E-state index is 5.77. The molecule has 9 heteroatoms. The second-order valence-corrected chi connectivity index (χ2v) is 9.32. The Morgan fingerprint density at radius 3 is 2.46 bits per heavy atom. The van der Waals surface area contributed by atoms with Gasteiger partial charge in [-0.3, -0.25) is 9.80 Å². The van der Waals surface area contributed by atoms with Crippen LogP contribution in [0.1, 0.15) is 28.6 Å². The summed E-state index contributed by atoms with van der Waals surface area (Å²) in [6, 6.07) is 24.5. The number of nitrogens with zero attached hydrogens (tertiary/aromatic N) is 6. The van der Waals surface area contributed by atoms with E-state index in [2.05, 4.69) is 55.7 Å². The molecular weight excluding hydrogens is 468 g/mol. The largest absolute Gasteiger partial charge is 0.496 e. The van der Waals surface area contributed by atoms with Gasteiger partial charge in [-0.1, -0.05) is 54.6 Å². The predicted molar refractivity (Wildman–Crippen MR) is 138 cm³/mol. The highest BCUT2D eigenvalue weighted by Gasteiger charge is 2.32. The van der Waals surface area contributed by atoms with Gasteiger partial charge in [-0.05, 0) is 39.8 Å². The molecule has 2 aliphatic rings. The van der Waals surface area contributed by atoms with Crippen LogP contribution in [0.3, 0.4) is 0 Å². The molecule has 0 spiro atoms. The fourth-order valence-electron chi connectivity index (χ4n) is 5.14. The van der Waals surface area contributed by atoms with Crippen molar-refractivity contribution in [3.63, 3.8) is 0 Å². The van der Waals surface area contributed by atoms with E-state index in [-0.39, 0.29) is 6.04 Å². The third-order valence-corrected chi connectivity index (χ3v) is 7.03. The molecule has 0 amide bonds. The van der Waals surface area contributed by atoms with Crippen molar-refractivity contribution in [2.75, 3.05) is 40.1 Å². The van der Waals surface area contributed by atoms with Gasteiger partial charge in [-0.2, -0.15) is 0 Å². The minimum atomic E-state index is -0.123. The van der Waals surface area contributed by atoms with Crippen molar-refractivity contribution in [1.82, 2.24) is 30.0 Å². The molecule has 4 aromatic rings. The summed E-state index contributed by atoms with van der Waals surface area (Å²) in [7, 11) is 1.71. The van der Waals surface area contributed by atoms with Crippen LogP contribution >= 0.6 is 0 Å². The number of fused-ring (bicyclic) bond motifs is 1. The summed E-state index contributed by atoms with van der Waals surface area (Å²) in [5.41, 5.74) is 3.45. The summed E-state index contributed by atoms with van der Waals surface area (Å²) >= 11 is 0. The molecule has 1 atom stereocenters. The Morgan fingerprint density at radius 1 is 0.838 bits per heavy atom. The van der Waals surface area contributed by atoms with Crippen molar-refractivity contribution in [2.24, 2.45) is 0 Å². The van der Waals surface area contributed by atoms with Crippen molar-refractivity contribution < 1.29 is 14.2 Å². The summed E-state index contributed by atoms with van der Waals surface area (Å²) < 4.78 is 18.7. The molecular formula is C28H30N6O3. The third kappa shape index (κ3) is 5.00. The van der Waals surface area contributed by atoms with Gasteiger partial charge in [-0.25, -0.2) is 4.68 Å². The molecule has 1 fully saturated rings. The van der Waals surface area contributed by atoms with E-state index in [9.17, 15) is 0 Å². The number of piperazine rings is 1. The Morgan fingerprint density at radius 2 is 1.62 bits per heavy atom. The molecule has 2 aliphatic heterocycles. The molecule has 0 radical (unpaired) electrons. The SMILES string of the molecule is COc1ccccc1[C@@H](c1nnnn1Cc1ccccc1)N1CCN(Cc2ccc3c(c2)OCO3)CC1. The fraction of sp³-hybridized carbons (Fsp3) is 0.321. The van der Waals surface area contributed by atoms with Crippen LogP contribution in [-0.2, 0) is 13.1 Å². The maximum atomic E-state index is 5.77. The molecule has 190 valence electrons. The predicted octanol–water partition coefficient (Wildman–Crippen LogP) is 3.37. The van der Waals surface area contributed by atoms with E-state index in [4.69, 9.17) is 14.2 Å². The molecule has 37 heavy (non-hydrogen) atoms. The van der Waals surface area contributed by atoms with Crippen LogP contribution in [-0.4, -0.2) is 70.1 Å². The van der Waals surface area contributed by atoms with E-state index in [1.807, 2.05) is 47.1 Å². The zero-order valence-corrected chi connectivity index (χ0v) is 20.9. The van der Waals surface area contributed by atoms with Gasteiger partial charge < -0.3 is 14.2 Å². The average molecular weight is 499 g/mol. The first-order valence-corrected chi connectivity index (χ1v) is 12.6. The molecule has 0 aliphatic carbocycles. The monoisotopic (exact) mass is 498 g/mol. The number of hydrogen-bond acceptors (Lipinski definition) is 8. The van der Waals surface area contributed by atoms with Crippen LogP contribution in [0.5, 0.6) is 17.2 Å². The van der Waals surface area contributed by atoms with Gasteiger partial charge in [0.25, 0.3) is 0 Å². The number of ether oxygens (including phenoxy) is 3. The average Bonchev–Trinajstić information content (AvgIpc) is 3.60. The Hall–Kier alpha value is -3.95. The lowest BCUT2D eigenvalue weighted by Crippen LogP contribution is -2.48. The van der Waals surface area contributed by atoms with Crippen molar-refractivity contribution in [1.29, 1.82) is 0 Å². The summed E-state index contributed by atoms with van der Waals surface area (Å²) in [6.45, 7) is 5.40. The van der Waals surface area contributed by atoms with E-state index < -0.39 is 0 Å². The molecule has 0 saturated carbocycles. The number of rotatable bonds is 8. The number of aromatic nitrogens is 4. The normalized spacial score (nSPS) is 16.6. The Bertz CT molecular complexity index is 1340. The van der Waals surface area contributed by atoms with Crippen LogP contribution in [0, 0.1) is 0 Å². The lowest BCUT2D eigenvalue weighted by molar-refractivity contribution is 0.0992. The van der Waals surface area contributed by atoms with E-state index in [0.717, 1.165) is 66.9 Å². The maximum Gasteiger partial charge on any atom is 0.231 e. The molecule has 1 aromatic heterocycles. The molecule has 9 nitrogen and oxygen atoms in total. The smallest absolute Gasteiger partial charge is 0.231 e. The van der Waals surface area contributed by atoms with Crippen LogP contribution in [0.2, 0.25) is 0 Å². The first-order chi connectivity index (χ1) is 18.3. The Balaban J connectivity index is 1.23. The molecule has 0 bridgehead atoms. The van der Waals surface area contributed by atoms with Gasteiger partial charge in [0.2, 0.25) is 6.79 Å². The standard InChI is InChI=1S/C28H30N6O3/c1-35-24-10-6-5-9-23(24)27(28-29-30-31-34(28)19-21-7-3-2-4-8-21)33-15-13-32(14-16-33)18-22-11-12-25-26(17-22)37-20-36-25/h2-12,17,27H,13-16,18-20H2,1H3/t27-/m0/s1. The summed E-state index contributed by atoms with van der Waals surface area (Å²) in [4.78, 5) is 4.93. The van der Waals surface area contributed by atoms with Crippen molar-refractivity contribution in [3.05, 3.63) is 95.3 Å². The minimum Gasteiger partial charge on any atom is -0.496 e. The van der Waals surface area contributed by atoms with Crippen molar-refractivity contribution in [3.8, 4) is 17.2 Å². The van der Waals surface area contributed by atoms with Gasteiger partial charge >= 0.3 is 0 Å². The van der Waals surface area contributed by atoms with Gasteiger partial charge in [0.15, 0.2) is 17.3 Å². The summed E-state index contributed by atoms with van der Waals surface area (Å²) in [5, 5.41) is 13.0. The summed E-state index contributed by atoms with van der Waals surface area (Å²) in [5.74, 6) is 3.31. The molecule has 6 rings (SSSR count). The summed E-state index contributed by atoms with van der Waals surface area (Å²) in [6.07, 6.45) is 0. The van der Waals surface area contributed by atoms with E-state index >= 15 is 0 Å². The molecule has 0 unspecified atom stereocenters. The highest BCUT2D eigenvalue weighted by Crippen LogP contribution is 2.35. The first kappa shape index (κ1) is 23.4. The number of para-hydroxylation sites is 1. The van der Waals surface area contributed by atoms with Crippen LogP contribution in [0.25, 0.3) is 0 Å².